The van der Waals surface area contributed by atoms with Crippen LogP contribution in [0.4, 0.5) is 0 Å². The summed E-state index contributed by atoms with van der Waals surface area (Å²) in [6, 6.07) is 12.6. The molecule has 0 bridgehead atoms. The van der Waals surface area contributed by atoms with Crippen LogP contribution in [0.3, 0.4) is 0 Å². The van der Waals surface area contributed by atoms with E-state index in [1.165, 1.54) is 19.2 Å². The molecule has 1 amide bonds. The lowest BCUT2D eigenvalue weighted by molar-refractivity contribution is 0.0600. The van der Waals surface area contributed by atoms with Gasteiger partial charge in [-0.1, -0.05) is 24.3 Å². The number of carbonyl (C=O) groups is 2. The van der Waals surface area contributed by atoms with Crippen molar-refractivity contribution in [3.8, 4) is 0 Å². The van der Waals surface area contributed by atoms with Gasteiger partial charge in [-0.05, 0) is 29.8 Å². The summed E-state index contributed by atoms with van der Waals surface area (Å²) in [5.41, 5.74) is 1.29. The minimum absolute atomic E-state index is 0.0106. The Balaban J connectivity index is 2.11. The zero-order chi connectivity index (χ0) is 17.7. The Morgan fingerprint density at radius 3 is 2.25 bits per heavy atom. The maximum atomic E-state index is 12.3. The zero-order valence-electron chi connectivity index (χ0n) is 13.3. The quantitative estimate of drug-likeness (QED) is 0.833. The first-order valence-corrected chi connectivity index (χ1v) is 8.96. The third kappa shape index (κ3) is 4.20. The average Bonchev–Trinajstić information content (AvgIpc) is 2.58. The summed E-state index contributed by atoms with van der Waals surface area (Å²) in [7, 11) is -2.19. The highest BCUT2D eigenvalue weighted by Crippen LogP contribution is 2.15. The van der Waals surface area contributed by atoms with Crippen LogP contribution in [0, 0.1) is 0 Å². The normalized spacial score (nSPS) is 10.9. The number of amides is 1. The fourth-order valence-corrected chi connectivity index (χ4v) is 3.02. The second kappa shape index (κ2) is 7.27. The zero-order valence-corrected chi connectivity index (χ0v) is 14.1. The molecular weight excluding hydrogens is 330 g/mol. The molecule has 0 saturated heterocycles. The number of hydrogen-bond acceptors (Lipinski definition) is 5. The van der Waals surface area contributed by atoms with Crippen LogP contribution in [0.2, 0.25) is 0 Å². The minimum Gasteiger partial charge on any atom is -0.465 e. The summed E-state index contributed by atoms with van der Waals surface area (Å²) < 4.78 is 28.1. The molecule has 0 spiro atoms. The van der Waals surface area contributed by atoms with Crippen LogP contribution in [0.15, 0.2) is 53.4 Å². The van der Waals surface area contributed by atoms with Gasteiger partial charge in [0, 0.05) is 12.8 Å². The Labute approximate surface area is 140 Å². The van der Waals surface area contributed by atoms with Gasteiger partial charge < -0.3 is 10.1 Å². The Bertz CT molecular complexity index is 857. The number of nitrogens with one attached hydrogen (secondary N) is 1. The van der Waals surface area contributed by atoms with Crippen molar-refractivity contribution in [2.75, 3.05) is 13.4 Å². The van der Waals surface area contributed by atoms with Gasteiger partial charge in [0.25, 0.3) is 5.91 Å². The molecular formula is C17H17NO5S. The summed E-state index contributed by atoms with van der Waals surface area (Å²) in [5, 5.41) is 2.67. The van der Waals surface area contributed by atoms with Crippen molar-refractivity contribution in [2.45, 2.75) is 11.4 Å². The van der Waals surface area contributed by atoms with Crippen molar-refractivity contribution in [3.63, 3.8) is 0 Å². The Hall–Kier alpha value is -2.67. The van der Waals surface area contributed by atoms with E-state index in [1.54, 1.807) is 36.4 Å². The van der Waals surface area contributed by atoms with E-state index in [0.29, 0.717) is 5.56 Å². The maximum Gasteiger partial charge on any atom is 0.337 e. The van der Waals surface area contributed by atoms with Crippen molar-refractivity contribution in [2.24, 2.45) is 0 Å². The van der Waals surface area contributed by atoms with Crippen LogP contribution in [0.5, 0.6) is 0 Å². The first-order chi connectivity index (χ1) is 11.3. The van der Waals surface area contributed by atoms with Crippen LogP contribution in [-0.2, 0) is 21.1 Å². The SMILES string of the molecule is COC(=O)c1ccc(CNC(=O)c2ccccc2S(C)(=O)=O)cc1. The molecule has 6 nitrogen and oxygen atoms in total. The highest BCUT2D eigenvalue weighted by Gasteiger charge is 2.17. The van der Waals surface area contributed by atoms with Crippen LogP contribution in [0.25, 0.3) is 0 Å². The van der Waals surface area contributed by atoms with Crippen molar-refractivity contribution in [3.05, 3.63) is 65.2 Å². The van der Waals surface area contributed by atoms with Gasteiger partial charge in [-0.25, -0.2) is 13.2 Å². The fraction of sp³-hybridized carbons (Fsp3) is 0.176. The standard InChI is InChI=1S/C17H17NO5S/c1-23-17(20)13-9-7-12(8-10-13)11-18-16(19)14-5-3-4-6-15(14)24(2,21)22/h3-10H,11H2,1-2H3,(H,18,19). The van der Waals surface area contributed by atoms with Crippen LogP contribution in [0.1, 0.15) is 26.3 Å². The number of benzene rings is 2. The summed E-state index contributed by atoms with van der Waals surface area (Å²) in [5.74, 6) is -0.916. The lowest BCUT2D eigenvalue weighted by Crippen LogP contribution is -2.24. The molecule has 0 aliphatic carbocycles. The molecule has 1 N–H and O–H groups in total. The molecule has 0 atom stereocenters. The summed E-state index contributed by atoms with van der Waals surface area (Å²) in [6.45, 7) is 0.207. The van der Waals surface area contributed by atoms with E-state index in [4.69, 9.17) is 0 Å². The first kappa shape index (κ1) is 17.7. The van der Waals surface area contributed by atoms with E-state index in [1.807, 2.05) is 0 Å². The molecule has 126 valence electrons. The van der Waals surface area contributed by atoms with Crippen molar-refractivity contribution < 1.29 is 22.7 Å². The number of hydrogen-bond donors (Lipinski definition) is 1. The molecule has 7 heteroatoms. The number of ether oxygens (including phenoxy) is 1. The first-order valence-electron chi connectivity index (χ1n) is 7.07. The molecule has 24 heavy (non-hydrogen) atoms. The van der Waals surface area contributed by atoms with Gasteiger partial charge in [0.05, 0.1) is 23.1 Å². The molecule has 0 unspecified atom stereocenters. The molecule has 0 aliphatic heterocycles. The van der Waals surface area contributed by atoms with E-state index in [9.17, 15) is 18.0 Å². The largest absolute Gasteiger partial charge is 0.465 e. The van der Waals surface area contributed by atoms with Gasteiger partial charge in [-0.2, -0.15) is 0 Å². The summed E-state index contributed by atoms with van der Waals surface area (Å²) in [4.78, 5) is 23.6. The highest BCUT2D eigenvalue weighted by atomic mass is 32.2. The van der Waals surface area contributed by atoms with E-state index in [2.05, 4.69) is 10.1 Å². The smallest absolute Gasteiger partial charge is 0.337 e. The van der Waals surface area contributed by atoms with E-state index in [0.717, 1.165) is 11.8 Å². The predicted octanol–water partition coefficient (Wildman–Crippen LogP) is 1.81. The lowest BCUT2D eigenvalue weighted by Gasteiger charge is -2.09. The Morgan fingerprint density at radius 2 is 1.67 bits per heavy atom. The fourth-order valence-electron chi connectivity index (χ4n) is 2.13. The second-order valence-electron chi connectivity index (χ2n) is 5.14. The van der Waals surface area contributed by atoms with E-state index < -0.39 is 21.7 Å². The highest BCUT2D eigenvalue weighted by molar-refractivity contribution is 7.90. The molecule has 2 aromatic carbocycles. The topological polar surface area (TPSA) is 89.5 Å². The number of sulfone groups is 1. The minimum atomic E-state index is -3.49. The Kier molecular flexibility index (Phi) is 5.35. The third-order valence-electron chi connectivity index (χ3n) is 3.36. The van der Waals surface area contributed by atoms with Gasteiger partial charge in [-0.3, -0.25) is 4.79 Å². The van der Waals surface area contributed by atoms with Gasteiger partial charge in [0.1, 0.15) is 0 Å². The predicted molar refractivity (Wildman–Crippen MR) is 88.5 cm³/mol. The van der Waals surface area contributed by atoms with Crippen molar-refractivity contribution >= 4 is 21.7 Å². The van der Waals surface area contributed by atoms with Gasteiger partial charge in [0.15, 0.2) is 9.84 Å². The summed E-state index contributed by atoms with van der Waals surface area (Å²) >= 11 is 0. The monoisotopic (exact) mass is 347 g/mol. The molecule has 0 heterocycles. The van der Waals surface area contributed by atoms with Gasteiger partial charge >= 0.3 is 5.97 Å². The molecule has 0 radical (unpaired) electrons. The third-order valence-corrected chi connectivity index (χ3v) is 4.51. The Morgan fingerprint density at radius 1 is 1.04 bits per heavy atom. The number of rotatable bonds is 5. The van der Waals surface area contributed by atoms with E-state index in [-0.39, 0.29) is 17.0 Å². The van der Waals surface area contributed by atoms with Crippen LogP contribution in [-0.4, -0.2) is 33.7 Å². The average molecular weight is 347 g/mol. The molecule has 0 aromatic heterocycles. The molecule has 2 aromatic rings. The lowest BCUT2D eigenvalue weighted by atomic mass is 10.1. The molecule has 2 rings (SSSR count). The van der Waals surface area contributed by atoms with Crippen molar-refractivity contribution in [1.82, 2.24) is 5.32 Å². The van der Waals surface area contributed by atoms with Gasteiger partial charge in [-0.15, -0.1) is 0 Å². The number of carbonyl (C=O) groups excluding carboxylic acids is 2. The van der Waals surface area contributed by atoms with Crippen LogP contribution < -0.4 is 5.32 Å². The second-order valence-corrected chi connectivity index (χ2v) is 7.12. The molecule has 0 aliphatic rings. The van der Waals surface area contributed by atoms with E-state index >= 15 is 0 Å². The van der Waals surface area contributed by atoms with Crippen molar-refractivity contribution in [1.29, 1.82) is 0 Å². The number of esters is 1. The van der Waals surface area contributed by atoms with Crippen LogP contribution >= 0.6 is 0 Å². The molecule has 0 fully saturated rings. The van der Waals surface area contributed by atoms with Gasteiger partial charge in [0.2, 0.25) is 0 Å². The molecule has 0 saturated carbocycles. The number of methoxy groups -OCH3 is 1. The summed E-state index contributed by atoms with van der Waals surface area (Å²) in [6.07, 6.45) is 1.06. The maximum absolute atomic E-state index is 12.3.